The third-order valence-electron chi connectivity index (χ3n) is 5.98. The maximum atomic E-state index is 13.5. The van der Waals surface area contributed by atoms with Crippen molar-refractivity contribution < 1.29 is 9.53 Å². The predicted octanol–water partition coefficient (Wildman–Crippen LogP) is 4.31. The number of ether oxygens (including phenoxy) is 1. The summed E-state index contributed by atoms with van der Waals surface area (Å²) in [5, 5.41) is 0. The van der Waals surface area contributed by atoms with Gasteiger partial charge in [0.1, 0.15) is 18.0 Å². The van der Waals surface area contributed by atoms with Crippen LogP contribution in [-0.4, -0.2) is 40.3 Å². The summed E-state index contributed by atoms with van der Waals surface area (Å²) in [6.07, 6.45) is 3.94. The van der Waals surface area contributed by atoms with Crippen molar-refractivity contribution in [3.05, 3.63) is 95.4 Å². The molecular formula is C26H26N4O2. The monoisotopic (exact) mass is 426 g/mol. The first kappa shape index (κ1) is 20.1. The number of rotatable bonds is 4. The van der Waals surface area contributed by atoms with Crippen molar-refractivity contribution in [3.8, 4) is 5.75 Å². The van der Waals surface area contributed by atoms with Gasteiger partial charge in [0.05, 0.1) is 11.3 Å². The van der Waals surface area contributed by atoms with Crippen molar-refractivity contribution >= 4 is 17.2 Å². The molecule has 0 saturated carbocycles. The fourth-order valence-corrected chi connectivity index (χ4v) is 4.23. The van der Waals surface area contributed by atoms with E-state index in [0.717, 1.165) is 29.0 Å². The van der Waals surface area contributed by atoms with Crippen LogP contribution in [0.5, 0.6) is 5.75 Å². The van der Waals surface area contributed by atoms with E-state index in [1.54, 1.807) is 0 Å². The van der Waals surface area contributed by atoms with Crippen molar-refractivity contribution in [1.82, 2.24) is 14.3 Å². The number of carbonyl (C=O) groups excluding carboxylic acids is 1. The fraction of sp³-hybridized carbons (Fsp3) is 0.231. The van der Waals surface area contributed by atoms with Gasteiger partial charge >= 0.3 is 0 Å². The number of hydrogen-bond donors (Lipinski definition) is 0. The van der Waals surface area contributed by atoms with E-state index < -0.39 is 0 Å². The van der Waals surface area contributed by atoms with Gasteiger partial charge < -0.3 is 18.9 Å². The molecule has 1 amide bonds. The Labute approximate surface area is 187 Å². The van der Waals surface area contributed by atoms with E-state index in [9.17, 15) is 4.79 Å². The molecule has 0 unspecified atom stereocenters. The molecule has 32 heavy (non-hydrogen) atoms. The van der Waals surface area contributed by atoms with E-state index in [0.29, 0.717) is 31.0 Å². The Kier molecular flexibility index (Phi) is 5.27. The van der Waals surface area contributed by atoms with Crippen molar-refractivity contribution in [2.24, 2.45) is 0 Å². The molecular weight excluding hydrogens is 400 g/mol. The van der Waals surface area contributed by atoms with Crippen LogP contribution < -0.4 is 9.64 Å². The second kappa shape index (κ2) is 8.38. The number of imidazole rings is 1. The van der Waals surface area contributed by atoms with Crippen LogP contribution in [0.3, 0.4) is 0 Å². The molecule has 0 bridgehead atoms. The molecule has 0 radical (unpaired) electrons. The zero-order valence-electron chi connectivity index (χ0n) is 18.4. The molecule has 2 aromatic carbocycles. The summed E-state index contributed by atoms with van der Waals surface area (Å²) in [5.41, 5.74) is 5.76. The Morgan fingerprint density at radius 2 is 1.84 bits per heavy atom. The van der Waals surface area contributed by atoms with Gasteiger partial charge in [-0.2, -0.15) is 0 Å². The highest BCUT2D eigenvalue weighted by Gasteiger charge is 2.24. The summed E-state index contributed by atoms with van der Waals surface area (Å²) in [6.45, 7) is 4.37. The molecule has 0 fully saturated rings. The lowest BCUT2D eigenvalue weighted by molar-refractivity contribution is 0.0746. The lowest BCUT2D eigenvalue weighted by atomic mass is 10.1. The zero-order valence-corrected chi connectivity index (χ0v) is 18.4. The summed E-state index contributed by atoms with van der Waals surface area (Å²) in [6, 6.07) is 19.8. The quantitative estimate of drug-likeness (QED) is 0.488. The Balaban J connectivity index is 1.37. The van der Waals surface area contributed by atoms with E-state index in [2.05, 4.69) is 29.1 Å². The van der Waals surface area contributed by atoms with Gasteiger partial charge in [-0.3, -0.25) is 4.79 Å². The largest absolute Gasteiger partial charge is 0.486 e. The number of anilines is 1. The lowest BCUT2D eigenvalue weighted by Crippen LogP contribution is -2.34. The van der Waals surface area contributed by atoms with Crippen molar-refractivity contribution in [1.29, 1.82) is 0 Å². The highest BCUT2D eigenvalue weighted by atomic mass is 16.5. The number of aromatic nitrogens is 2. The average Bonchev–Trinajstić information content (AvgIpc) is 3.17. The third-order valence-corrected chi connectivity index (χ3v) is 5.98. The predicted molar refractivity (Wildman–Crippen MR) is 125 cm³/mol. The Morgan fingerprint density at radius 3 is 2.72 bits per heavy atom. The molecule has 0 spiro atoms. The maximum absolute atomic E-state index is 13.5. The topological polar surface area (TPSA) is 50.1 Å². The van der Waals surface area contributed by atoms with E-state index >= 15 is 0 Å². The molecule has 1 aliphatic heterocycles. The molecule has 0 atom stereocenters. The summed E-state index contributed by atoms with van der Waals surface area (Å²) in [4.78, 5) is 22.3. The SMILES string of the molecule is Cc1cccn2cc(COc3ccccc3C(=O)N3CCN(C)c4ccccc4C3)nc12. The third kappa shape index (κ3) is 3.80. The standard InChI is InChI=1S/C26H26N4O2/c1-19-8-7-13-29-17-21(27-25(19)29)18-32-24-12-6-4-10-22(24)26(31)30-15-14-28(2)23-11-5-3-9-20(23)16-30/h3-13,17H,14-16,18H2,1-2H3. The van der Waals surface area contributed by atoms with Crippen LogP contribution >= 0.6 is 0 Å². The van der Waals surface area contributed by atoms with Gasteiger partial charge in [0, 0.05) is 44.8 Å². The molecule has 4 aromatic rings. The molecule has 162 valence electrons. The van der Waals surface area contributed by atoms with E-state index in [4.69, 9.17) is 4.74 Å². The van der Waals surface area contributed by atoms with Crippen LogP contribution in [0.15, 0.2) is 73.1 Å². The number of fused-ring (bicyclic) bond motifs is 2. The van der Waals surface area contributed by atoms with Crippen LogP contribution in [0.2, 0.25) is 0 Å². The van der Waals surface area contributed by atoms with Crippen molar-refractivity contribution in [2.45, 2.75) is 20.1 Å². The Morgan fingerprint density at radius 1 is 1.03 bits per heavy atom. The number of pyridine rings is 1. The molecule has 1 aliphatic rings. The van der Waals surface area contributed by atoms with Gasteiger partial charge in [0.15, 0.2) is 0 Å². The zero-order chi connectivity index (χ0) is 22.1. The second-order valence-electron chi connectivity index (χ2n) is 8.22. The van der Waals surface area contributed by atoms with Gasteiger partial charge in [-0.15, -0.1) is 0 Å². The van der Waals surface area contributed by atoms with Crippen LogP contribution in [-0.2, 0) is 13.2 Å². The van der Waals surface area contributed by atoms with Gasteiger partial charge in [-0.1, -0.05) is 36.4 Å². The molecule has 6 heteroatoms. The minimum absolute atomic E-state index is 0.0171. The first-order valence-electron chi connectivity index (χ1n) is 10.8. The van der Waals surface area contributed by atoms with Crippen LogP contribution in [0.25, 0.3) is 5.65 Å². The molecule has 0 saturated heterocycles. The van der Waals surface area contributed by atoms with Gasteiger partial charge in [-0.25, -0.2) is 4.98 Å². The minimum atomic E-state index is -0.0171. The number of carbonyl (C=O) groups is 1. The number of likely N-dealkylation sites (N-methyl/N-ethyl adjacent to an activating group) is 1. The first-order chi connectivity index (χ1) is 15.6. The number of benzene rings is 2. The number of nitrogens with zero attached hydrogens (tertiary/aromatic N) is 4. The first-order valence-corrected chi connectivity index (χ1v) is 10.8. The fourth-order valence-electron chi connectivity index (χ4n) is 4.23. The second-order valence-corrected chi connectivity index (χ2v) is 8.22. The summed E-state index contributed by atoms with van der Waals surface area (Å²) in [7, 11) is 2.07. The van der Waals surface area contributed by atoms with E-state index in [-0.39, 0.29) is 5.91 Å². The van der Waals surface area contributed by atoms with Crippen molar-refractivity contribution in [3.63, 3.8) is 0 Å². The Bertz CT molecular complexity index is 1280. The molecule has 0 aliphatic carbocycles. The van der Waals surface area contributed by atoms with Gasteiger partial charge in [0.2, 0.25) is 0 Å². The normalized spacial score (nSPS) is 13.7. The van der Waals surface area contributed by atoms with Gasteiger partial charge in [-0.05, 0) is 42.3 Å². The number of aryl methyl sites for hydroxylation is 1. The van der Waals surface area contributed by atoms with Crippen molar-refractivity contribution in [2.75, 3.05) is 25.0 Å². The summed E-state index contributed by atoms with van der Waals surface area (Å²) >= 11 is 0. The summed E-state index contributed by atoms with van der Waals surface area (Å²) in [5.74, 6) is 0.564. The van der Waals surface area contributed by atoms with Crippen LogP contribution in [0.1, 0.15) is 27.2 Å². The summed E-state index contributed by atoms with van der Waals surface area (Å²) < 4.78 is 8.09. The molecule has 0 N–H and O–H groups in total. The van der Waals surface area contributed by atoms with Gasteiger partial charge in [0.25, 0.3) is 5.91 Å². The smallest absolute Gasteiger partial charge is 0.257 e. The van der Waals surface area contributed by atoms with E-state index in [1.807, 2.05) is 77.1 Å². The Hall–Kier alpha value is -3.80. The lowest BCUT2D eigenvalue weighted by Gasteiger charge is -2.22. The minimum Gasteiger partial charge on any atom is -0.486 e. The number of para-hydroxylation sites is 2. The highest BCUT2D eigenvalue weighted by Crippen LogP contribution is 2.27. The number of hydrogen-bond acceptors (Lipinski definition) is 4. The average molecular weight is 427 g/mol. The molecule has 3 heterocycles. The molecule has 2 aromatic heterocycles. The van der Waals surface area contributed by atoms with Crippen LogP contribution in [0, 0.1) is 6.92 Å². The highest BCUT2D eigenvalue weighted by molar-refractivity contribution is 5.97. The van der Waals surface area contributed by atoms with E-state index in [1.165, 1.54) is 5.69 Å². The molecule has 5 rings (SSSR count). The molecule has 6 nitrogen and oxygen atoms in total. The maximum Gasteiger partial charge on any atom is 0.257 e. The number of amides is 1. The van der Waals surface area contributed by atoms with Crippen LogP contribution in [0.4, 0.5) is 5.69 Å².